The summed E-state index contributed by atoms with van der Waals surface area (Å²) in [7, 11) is 0. The van der Waals surface area contributed by atoms with Crippen molar-refractivity contribution in [1.29, 1.82) is 0 Å². The lowest BCUT2D eigenvalue weighted by atomic mass is 9.90. The minimum Gasteiger partial charge on any atom is -0.375 e. The first-order valence-electron chi connectivity index (χ1n) is 8.67. The third-order valence-corrected chi connectivity index (χ3v) is 5.06. The molecule has 2 saturated heterocycles. The van der Waals surface area contributed by atoms with Crippen LogP contribution in [0.4, 0.5) is 0 Å². The zero-order valence-electron chi connectivity index (χ0n) is 13.2. The number of ether oxygens (including phenoxy) is 1. The van der Waals surface area contributed by atoms with E-state index in [4.69, 9.17) is 4.74 Å². The van der Waals surface area contributed by atoms with Crippen molar-refractivity contribution in [2.24, 2.45) is 0 Å². The van der Waals surface area contributed by atoms with Crippen LogP contribution in [0.2, 0.25) is 0 Å². The lowest BCUT2D eigenvalue weighted by Crippen LogP contribution is -2.56. The molecule has 1 saturated carbocycles. The second kappa shape index (κ2) is 7.42. The summed E-state index contributed by atoms with van der Waals surface area (Å²) in [5.41, 5.74) is 0. The van der Waals surface area contributed by atoms with Crippen molar-refractivity contribution >= 4 is 11.8 Å². The van der Waals surface area contributed by atoms with E-state index in [-0.39, 0.29) is 24.0 Å². The Morgan fingerprint density at radius 2 is 2.05 bits per heavy atom. The van der Waals surface area contributed by atoms with Crippen molar-refractivity contribution in [3.63, 3.8) is 0 Å². The molecule has 22 heavy (non-hydrogen) atoms. The molecule has 6 nitrogen and oxygen atoms in total. The Hall–Kier alpha value is -1.14. The normalized spacial score (nSPS) is 33.5. The predicted molar refractivity (Wildman–Crippen MR) is 82.4 cm³/mol. The van der Waals surface area contributed by atoms with Gasteiger partial charge in [0, 0.05) is 19.1 Å². The average molecular weight is 309 g/mol. The van der Waals surface area contributed by atoms with Gasteiger partial charge in [0.15, 0.2) is 0 Å². The van der Waals surface area contributed by atoms with E-state index in [0.717, 1.165) is 45.2 Å². The summed E-state index contributed by atoms with van der Waals surface area (Å²) < 4.78 is 5.84. The Labute approximate surface area is 131 Å². The molecule has 2 amide bonds. The number of nitrogens with zero attached hydrogens (tertiary/aromatic N) is 1. The van der Waals surface area contributed by atoms with Crippen molar-refractivity contribution in [3.8, 4) is 0 Å². The fourth-order valence-electron chi connectivity index (χ4n) is 3.87. The Bertz CT molecular complexity index is 413. The van der Waals surface area contributed by atoms with Gasteiger partial charge >= 0.3 is 0 Å². The van der Waals surface area contributed by atoms with E-state index >= 15 is 0 Å². The van der Waals surface area contributed by atoms with Crippen LogP contribution < -0.4 is 10.6 Å². The number of fused-ring (bicyclic) bond motifs is 1. The van der Waals surface area contributed by atoms with Crippen LogP contribution >= 0.6 is 0 Å². The van der Waals surface area contributed by atoms with Gasteiger partial charge < -0.3 is 15.4 Å². The van der Waals surface area contributed by atoms with E-state index < -0.39 is 0 Å². The largest absolute Gasteiger partial charge is 0.375 e. The highest BCUT2D eigenvalue weighted by Gasteiger charge is 2.35. The molecular formula is C16H27N3O3. The third kappa shape index (κ3) is 3.79. The number of carbonyl (C=O) groups excluding carboxylic acids is 2. The number of morpholine rings is 1. The van der Waals surface area contributed by atoms with Gasteiger partial charge in [-0.15, -0.1) is 0 Å². The van der Waals surface area contributed by atoms with E-state index in [9.17, 15) is 9.59 Å². The Morgan fingerprint density at radius 1 is 1.23 bits per heavy atom. The SMILES string of the molecule is O=C(CN1CCO[C@@H]2CCCC[C@@H]21)N[C@@H]1CCCCNC1=O. The highest BCUT2D eigenvalue weighted by atomic mass is 16.5. The minimum absolute atomic E-state index is 0.0340. The molecule has 0 unspecified atom stereocenters. The number of nitrogens with one attached hydrogen (secondary N) is 2. The Kier molecular flexibility index (Phi) is 5.31. The first-order valence-corrected chi connectivity index (χ1v) is 8.67. The van der Waals surface area contributed by atoms with Crippen molar-refractivity contribution < 1.29 is 14.3 Å². The van der Waals surface area contributed by atoms with Gasteiger partial charge in [-0.1, -0.05) is 12.8 Å². The predicted octanol–water partition coefficient (Wildman–Crippen LogP) is 0.415. The quantitative estimate of drug-likeness (QED) is 0.792. The molecule has 2 N–H and O–H groups in total. The maximum Gasteiger partial charge on any atom is 0.242 e. The van der Waals surface area contributed by atoms with Crippen LogP contribution in [0.1, 0.15) is 44.9 Å². The summed E-state index contributed by atoms with van der Waals surface area (Å²) in [5.74, 6) is -0.0726. The molecule has 6 heteroatoms. The lowest BCUT2D eigenvalue weighted by Gasteiger charge is -2.43. The molecular weight excluding hydrogens is 282 g/mol. The zero-order chi connectivity index (χ0) is 15.4. The van der Waals surface area contributed by atoms with Crippen LogP contribution in [0.3, 0.4) is 0 Å². The maximum absolute atomic E-state index is 12.3. The fourth-order valence-corrected chi connectivity index (χ4v) is 3.87. The summed E-state index contributed by atoms with van der Waals surface area (Å²) >= 11 is 0. The average Bonchev–Trinajstić information content (AvgIpc) is 2.73. The second-order valence-corrected chi connectivity index (χ2v) is 6.64. The van der Waals surface area contributed by atoms with Gasteiger partial charge in [-0.3, -0.25) is 14.5 Å². The van der Waals surface area contributed by atoms with Crippen LogP contribution in [0.25, 0.3) is 0 Å². The van der Waals surface area contributed by atoms with Crippen LogP contribution in [-0.4, -0.2) is 61.1 Å². The highest BCUT2D eigenvalue weighted by molar-refractivity contribution is 5.88. The number of carbonyl (C=O) groups is 2. The first kappa shape index (κ1) is 15.7. The van der Waals surface area contributed by atoms with Crippen molar-refractivity contribution in [3.05, 3.63) is 0 Å². The summed E-state index contributed by atoms with van der Waals surface area (Å²) in [6.07, 6.45) is 7.66. The van der Waals surface area contributed by atoms with E-state index in [1.807, 2.05) is 0 Å². The van der Waals surface area contributed by atoms with Gasteiger partial charge in [-0.05, 0) is 32.1 Å². The molecule has 0 spiro atoms. The molecule has 1 aliphatic carbocycles. The van der Waals surface area contributed by atoms with Crippen LogP contribution in [-0.2, 0) is 14.3 Å². The molecule has 3 rings (SSSR count). The number of hydrogen-bond acceptors (Lipinski definition) is 4. The van der Waals surface area contributed by atoms with E-state index in [2.05, 4.69) is 15.5 Å². The molecule has 3 aliphatic rings. The standard InChI is InChI=1S/C16H27N3O3/c20-15(18-12-5-3-4-8-17-16(12)21)11-19-9-10-22-14-7-2-1-6-13(14)19/h12-14H,1-11H2,(H,17,21)(H,18,20)/t12-,13+,14-/m1/s1. The molecule has 0 radical (unpaired) electrons. The van der Waals surface area contributed by atoms with Gasteiger partial charge in [0.25, 0.3) is 0 Å². The molecule has 0 bridgehead atoms. The monoisotopic (exact) mass is 309 g/mol. The molecule has 3 fully saturated rings. The summed E-state index contributed by atoms with van der Waals surface area (Å²) in [6.45, 7) is 2.62. The Morgan fingerprint density at radius 3 is 2.95 bits per heavy atom. The zero-order valence-corrected chi connectivity index (χ0v) is 13.2. The van der Waals surface area contributed by atoms with Crippen LogP contribution in [0.5, 0.6) is 0 Å². The van der Waals surface area contributed by atoms with Crippen molar-refractivity contribution in [2.75, 3.05) is 26.2 Å². The van der Waals surface area contributed by atoms with E-state index in [1.54, 1.807) is 0 Å². The molecule has 0 aromatic carbocycles. The second-order valence-electron chi connectivity index (χ2n) is 6.64. The number of amides is 2. The summed E-state index contributed by atoms with van der Waals surface area (Å²) in [5, 5.41) is 5.78. The molecule has 3 atom stereocenters. The molecule has 0 aromatic heterocycles. The minimum atomic E-state index is -0.363. The molecule has 2 heterocycles. The van der Waals surface area contributed by atoms with Gasteiger partial charge in [0.05, 0.1) is 19.3 Å². The molecule has 124 valence electrons. The van der Waals surface area contributed by atoms with Gasteiger partial charge in [0.1, 0.15) is 6.04 Å². The summed E-state index contributed by atoms with van der Waals surface area (Å²) in [4.78, 5) is 26.5. The highest BCUT2D eigenvalue weighted by Crippen LogP contribution is 2.28. The van der Waals surface area contributed by atoms with Crippen LogP contribution in [0, 0.1) is 0 Å². The number of hydrogen-bond donors (Lipinski definition) is 2. The molecule has 2 aliphatic heterocycles. The van der Waals surface area contributed by atoms with Crippen molar-refractivity contribution in [1.82, 2.24) is 15.5 Å². The number of rotatable bonds is 3. The topological polar surface area (TPSA) is 70.7 Å². The smallest absolute Gasteiger partial charge is 0.242 e. The maximum atomic E-state index is 12.3. The van der Waals surface area contributed by atoms with E-state index in [1.165, 1.54) is 12.8 Å². The fraction of sp³-hybridized carbons (Fsp3) is 0.875. The summed E-state index contributed by atoms with van der Waals surface area (Å²) in [6, 6.07) is 0.00871. The first-order chi connectivity index (χ1) is 10.7. The van der Waals surface area contributed by atoms with Gasteiger partial charge in [-0.2, -0.15) is 0 Å². The van der Waals surface area contributed by atoms with E-state index in [0.29, 0.717) is 19.2 Å². The molecule has 0 aromatic rings. The van der Waals surface area contributed by atoms with Crippen LogP contribution in [0.15, 0.2) is 0 Å². The van der Waals surface area contributed by atoms with Gasteiger partial charge in [-0.25, -0.2) is 0 Å². The lowest BCUT2D eigenvalue weighted by molar-refractivity contribution is -0.133. The Balaban J connectivity index is 1.53. The van der Waals surface area contributed by atoms with Gasteiger partial charge in [0.2, 0.25) is 11.8 Å². The third-order valence-electron chi connectivity index (χ3n) is 5.06. The van der Waals surface area contributed by atoms with Crippen molar-refractivity contribution in [2.45, 2.75) is 63.1 Å².